The van der Waals surface area contributed by atoms with E-state index < -0.39 is 18.0 Å². The van der Waals surface area contributed by atoms with Gasteiger partial charge >= 0.3 is 0 Å². The Morgan fingerprint density at radius 1 is 1.08 bits per heavy atom. The van der Waals surface area contributed by atoms with Gasteiger partial charge in [-0.2, -0.15) is 0 Å². The van der Waals surface area contributed by atoms with Crippen molar-refractivity contribution in [1.82, 2.24) is 10.6 Å². The zero-order valence-corrected chi connectivity index (χ0v) is 14.3. The van der Waals surface area contributed by atoms with Crippen LogP contribution in [0.2, 0.25) is 0 Å². The summed E-state index contributed by atoms with van der Waals surface area (Å²) in [7, 11) is 0. The van der Waals surface area contributed by atoms with Crippen LogP contribution in [0.3, 0.4) is 0 Å². The lowest BCUT2D eigenvalue weighted by atomic mass is 10.00. The largest absolute Gasteiger partial charge is 0.368 e. The zero-order chi connectivity index (χ0) is 18.5. The van der Waals surface area contributed by atoms with Gasteiger partial charge in [0.1, 0.15) is 12.1 Å². The standard InChI is InChI=1S/C20H21N3O3/c21-19(25)17(23-20(26)16-10-11-18(24)22-16)12-13-6-8-15(9-7-13)14-4-2-1-3-5-14/h1-9,16-17H,10-12H2,(H2,21,25)(H,22,24)(H,23,26)/t16-,17+/m0/s1. The molecule has 1 aliphatic rings. The third-order valence-corrected chi connectivity index (χ3v) is 4.47. The average molecular weight is 351 g/mol. The molecule has 3 amide bonds. The molecule has 0 spiro atoms. The first-order chi connectivity index (χ1) is 12.5. The molecule has 3 rings (SSSR count). The Labute approximate surface area is 151 Å². The van der Waals surface area contributed by atoms with Crippen LogP contribution in [0.1, 0.15) is 18.4 Å². The summed E-state index contributed by atoms with van der Waals surface area (Å²) in [6.07, 6.45) is 1.05. The highest BCUT2D eigenvalue weighted by Gasteiger charge is 2.29. The fourth-order valence-corrected chi connectivity index (χ4v) is 3.01. The molecule has 0 saturated carbocycles. The Bertz CT molecular complexity index is 803. The second kappa shape index (κ2) is 7.82. The summed E-state index contributed by atoms with van der Waals surface area (Å²) in [6, 6.07) is 16.3. The third-order valence-electron chi connectivity index (χ3n) is 4.47. The molecule has 0 unspecified atom stereocenters. The molecule has 134 valence electrons. The SMILES string of the molecule is NC(=O)[C@@H](Cc1ccc(-c2ccccc2)cc1)NC(=O)[C@@H]1CCC(=O)N1. The molecular formula is C20H21N3O3. The van der Waals surface area contributed by atoms with Gasteiger partial charge in [-0.05, 0) is 23.1 Å². The van der Waals surface area contributed by atoms with Crippen LogP contribution in [0.4, 0.5) is 0 Å². The summed E-state index contributed by atoms with van der Waals surface area (Å²) in [5.41, 5.74) is 8.51. The average Bonchev–Trinajstić information content (AvgIpc) is 3.09. The molecule has 2 atom stereocenters. The predicted molar refractivity (Wildman–Crippen MR) is 97.9 cm³/mol. The van der Waals surface area contributed by atoms with Gasteiger partial charge in [-0.25, -0.2) is 0 Å². The lowest BCUT2D eigenvalue weighted by molar-refractivity contribution is -0.129. The summed E-state index contributed by atoms with van der Waals surface area (Å²) >= 11 is 0. The van der Waals surface area contributed by atoms with Gasteiger partial charge in [-0.1, -0.05) is 54.6 Å². The molecule has 0 bridgehead atoms. The van der Waals surface area contributed by atoms with Gasteiger partial charge in [-0.3, -0.25) is 14.4 Å². The Kier molecular flexibility index (Phi) is 5.31. The van der Waals surface area contributed by atoms with Crippen LogP contribution in [-0.2, 0) is 20.8 Å². The number of hydrogen-bond acceptors (Lipinski definition) is 3. The van der Waals surface area contributed by atoms with Crippen LogP contribution in [-0.4, -0.2) is 29.8 Å². The van der Waals surface area contributed by atoms with Crippen molar-refractivity contribution in [3.8, 4) is 11.1 Å². The highest BCUT2D eigenvalue weighted by Crippen LogP contribution is 2.19. The highest BCUT2D eigenvalue weighted by atomic mass is 16.2. The quantitative estimate of drug-likeness (QED) is 0.727. The van der Waals surface area contributed by atoms with Gasteiger partial charge in [0.2, 0.25) is 17.7 Å². The normalized spacial score (nSPS) is 17.4. The highest BCUT2D eigenvalue weighted by molar-refractivity contribution is 5.93. The van der Waals surface area contributed by atoms with E-state index in [1.165, 1.54) is 0 Å². The number of carbonyl (C=O) groups is 3. The first-order valence-corrected chi connectivity index (χ1v) is 8.56. The Morgan fingerprint density at radius 3 is 2.31 bits per heavy atom. The summed E-state index contributed by atoms with van der Waals surface area (Å²) in [4.78, 5) is 35.2. The molecule has 0 radical (unpaired) electrons. The van der Waals surface area contributed by atoms with E-state index in [0.29, 0.717) is 19.3 Å². The minimum atomic E-state index is -0.817. The zero-order valence-electron chi connectivity index (χ0n) is 14.3. The monoisotopic (exact) mass is 351 g/mol. The van der Waals surface area contributed by atoms with Gasteiger partial charge in [0.15, 0.2) is 0 Å². The molecule has 1 saturated heterocycles. The van der Waals surface area contributed by atoms with Gasteiger partial charge in [-0.15, -0.1) is 0 Å². The van der Waals surface area contributed by atoms with Crippen molar-refractivity contribution >= 4 is 17.7 Å². The molecule has 0 aliphatic carbocycles. The van der Waals surface area contributed by atoms with E-state index in [0.717, 1.165) is 16.7 Å². The van der Waals surface area contributed by atoms with Crippen molar-refractivity contribution in [2.45, 2.75) is 31.3 Å². The maximum absolute atomic E-state index is 12.2. The Hall–Kier alpha value is -3.15. The summed E-state index contributed by atoms with van der Waals surface area (Å²) in [5, 5.41) is 5.23. The predicted octanol–water partition coefficient (Wildman–Crippen LogP) is 1.14. The molecule has 4 N–H and O–H groups in total. The molecule has 1 heterocycles. The molecule has 1 fully saturated rings. The van der Waals surface area contributed by atoms with Crippen LogP contribution < -0.4 is 16.4 Å². The van der Waals surface area contributed by atoms with E-state index in [-0.39, 0.29) is 11.8 Å². The van der Waals surface area contributed by atoms with Crippen LogP contribution in [0.25, 0.3) is 11.1 Å². The summed E-state index contributed by atoms with van der Waals surface area (Å²) in [5.74, 6) is -1.13. The molecule has 26 heavy (non-hydrogen) atoms. The number of carbonyl (C=O) groups excluding carboxylic acids is 3. The third kappa shape index (κ3) is 4.27. The maximum atomic E-state index is 12.2. The van der Waals surface area contributed by atoms with Crippen molar-refractivity contribution < 1.29 is 14.4 Å². The fraction of sp³-hybridized carbons (Fsp3) is 0.250. The van der Waals surface area contributed by atoms with Crippen molar-refractivity contribution in [2.75, 3.05) is 0 Å². The number of nitrogens with two attached hydrogens (primary N) is 1. The molecule has 2 aromatic rings. The fourth-order valence-electron chi connectivity index (χ4n) is 3.01. The minimum absolute atomic E-state index is 0.155. The van der Waals surface area contributed by atoms with Crippen molar-refractivity contribution in [3.63, 3.8) is 0 Å². The Balaban J connectivity index is 1.65. The number of primary amides is 1. The first kappa shape index (κ1) is 17.7. The maximum Gasteiger partial charge on any atom is 0.243 e. The van der Waals surface area contributed by atoms with E-state index in [9.17, 15) is 14.4 Å². The molecule has 1 aliphatic heterocycles. The van der Waals surface area contributed by atoms with Crippen molar-refractivity contribution in [3.05, 3.63) is 60.2 Å². The number of nitrogens with one attached hydrogen (secondary N) is 2. The van der Waals surface area contributed by atoms with E-state index in [1.807, 2.05) is 54.6 Å². The molecular weight excluding hydrogens is 330 g/mol. The van der Waals surface area contributed by atoms with Crippen LogP contribution in [0.15, 0.2) is 54.6 Å². The van der Waals surface area contributed by atoms with Crippen LogP contribution >= 0.6 is 0 Å². The van der Waals surface area contributed by atoms with Gasteiger partial charge in [0.05, 0.1) is 0 Å². The van der Waals surface area contributed by atoms with Crippen molar-refractivity contribution in [1.29, 1.82) is 0 Å². The minimum Gasteiger partial charge on any atom is -0.368 e. The molecule has 6 nitrogen and oxygen atoms in total. The van der Waals surface area contributed by atoms with Gasteiger partial charge in [0.25, 0.3) is 0 Å². The number of rotatable bonds is 6. The number of hydrogen-bond donors (Lipinski definition) is 3. The second-order valence-electron chi connectivity index (χ2n) is 6.39. The lowest BCUT2D eigenvalue weighted by Crippen LogP contribution is -2.51. The van der Waals surface area contributed by atoms with Crippen LogP contribution in [0.5, 0.6) is 0 Å². The second-order valence-corrected chi connectivity index (χ2v) is 6.39. The molecule has 0 aromatic heterocycles. The summed E-state index contributed by atoms with van der Waals surface area (Å²) < 4.78 is 0. The van der Waals surface area contributed by atoms with E-state index in [4.69, 9.17) is 5.73 Å². The van der Waals surface area contributed by atoms with Crippen LogP contribution in [0, 0.1) is 0 Å². The topological polar surface area (TPSA) is 101 Å². The van der Waals surface area contributed by atoms with Gasteiger partial charge < -0.3 is 16.4 Å². The Morgan fingerprint density at radius 2 is 1.73 bits per heavy atom. The molecule has 2 aromatic carbocycles. The lowest BCUT2D eigenvalue weighted by Gasteiger charge is -2.18. The number of amides is 3. The smallest absolute Gasteiger partial charge is 0.243 e. The number of benzene rings is 2. The first-order valence-electron chi connectivity index (χ1n) is 8.56. The molecule has 6 heteroatoms. The van der Waals surface area contributed by atoms with E-state index >= 15 is 0 Å². The van der Waals surface area contributed by atoms with E-state index in [2.05, 4.69) is 10.6 Å². The van der Waals surface area contributed by atoms with E-state index in [1.54, 1.807) is 0 Å². The van der Waals surface area contributed by atoms with Crippen molar-refractivity contribution in [2.24, 2.45) is 5.73 Å². The van der Waals surface area contributed by atoms with Gasteiger partial charge in [0, 0.05) is 12.8 Å². The summed E-state index contributed by atoms with van der Waals surface area (Å²) in [6.45, 7) is 0.